The van der Waals surface area contributed by atoms with E-state index in [0.29, 0.717) is 11.4 Å². The van der Waals surface area contributed by atoms with Gasteiger partial charge in [0, 0.05) is 5.56 Å². The van der Waals surface area contributed by atoms with E-state index in [1.807, 2.05) is 6.92 Å². The lowest BCUT2D eigenvalue weighted by atomic mass is 10.1. The van der Waals surface area contributed by atoms with Gasteiger partial charge in [-0.15, -0.1) is 0 Å². The number of hydrogen-bond acceptors (Lipinski definition) is 3. The Morgan fingerprint density at radius 2 is 2.00 bits per heavy atom. The van der Waals surface area contributed by atoms with Crippen LogP contribution in [0.1, 0.15) is 18.5 Å². The lowest BCUT2D eigenvalue weighted by Crippen LogP contribution is -2.13. The quantitative estimate of drug-likeness (QED) is 0.911. The van der Waals surface area contributed by atoms with Crippen molar-refractivity contribution in [2.24, 2.45) is 0 Å². The van der Waals surface area contributed by atoms with E-state index in [2.05, 4.69) is 9.84 Å². The second-order valence-corrected chi connectivity index (χ2v) is 3.79. The highest BCUT2D eigenvalue weighted by atomic mass is 19.3. The highest BCUT2D eigenvalue weighted by Gasteiger charge is 2.17. The van der Waals surface area contributed by atoms with Crippen LogP contribution < -0.4 is 10.5 Å². The van der Waals surface area contributed by atoms with Gasteiger partial charge in [0.1, 0.15) is 11.6 Å². The van der Waals surface area contributed by atoms with Gasteiger partial charge >= 0.3 is 6.61 Å². The van der Waals surface area contributed by atoms with Crippen molar-refractivity contribution in [3.05, 3.63) is 42.1 Å². The van der Waals surface area contributed by atoms with Gasteiger partial charge in [-0.05, 0) is 19.1 Å². The van der Waals surface area contributed by atoms with Crippen LogP contribution in [0.4, 0.5) is 14.6 Å². The molecule has 2 aromatic rings. The van der Waals surface area contributed by atoms with Crippen LogP contribution in [0.15, 0.2) is 36.5 Å². The monoisotopic (exact) mass is 253 g/mol. The molecule has 1 unspecified atom stereocenters. The number of benzene rings is 1. The molecule has 0 spiro atoms. The Labute approximate surface area is 103 Å². The third-order valence-electron chi connectivity index (χ3n) is 2.65. The molecule has 6 heteroatoms. The van der Waals surface area contributed by atoms with Crippen LogP contribution in [-0.2, 0) is 0 Å². The molecule has 1 atom stereocenters. The molecule has 2 rings (SSSR count). The Kier molecular flexibility index (Phi) is 3.45. The first-order chi connectivity index (χ1) is 8.59. The van der Waals surface area contributed by atoms with Crippen molar-refractivity contribution in [3.63, 3.8) is 0 Å². The van der Waals surface area contributed by atoms with Crippen LogP contribution in [-0.4, -0.2) is 16.4 Å². The van der Waals surface area contributed by atoms with Gasteiger partial charge in [0.25, 0.3) is 0 Å². The number of hydrogen-bond donors (Lipinski definition) is 1. The van der Waals surface area contributed by atoms with Crippen molar-refractivity contribution in [2.45, 2.75) is 19.6 Å². The number of para-hydroxylation sites is 1. The van der Waals surface area contributed by atoms with Gasteiger partial charge < -0.3 is 10.5 Å². The molecule has 96 valence electrons. The summed E-state index contributed by atoms with van der Waals surface area (Å²) >= 11 is 0. The average molecular weight is 253 g/mol. The SMILES string of the molecule is CC(c1ccccc1OC(F)F)n1nccc1N. The molecule has 0 aliphatic carbocycles. The van der Waals surface area contributed by atoms with E-state index in [9.17, 15) is 8.78 Å². The molecule has 0 aliphatic heterocycles. The molecule has 0 amide bonds. The summed E-state index contributed by atoms with van der Waals surface area (Å²) in [4.78, 5) is 0. The fraction of sp³-hybridized carbons (Fsp3) is 0.250. The maximum Gasteiger partial charge on any atom is 0.387 e. The zero-order valence-electron chi connectivity index (χ0n) is 9.75. The summed E-state index contributed by atoms with van der Waals surface area (Å²) in [6, 6.07) is 7.97. The number of halogens is 2. The maximum atomic E-state index is 12.3. The Hall–Kier alpha value is -2.11. The molecule has 1 aromatic heterocycles. The van der Waals surface area contributed by atoms with E-state index in [1.54, 1.807) is 35.1 Å². The Morgan fingerprint density at radius 1 is 1.28 bits per heavy atom. The van der Waals surface area contributed by atoms with Crippen molar-refractivity contribution in [3.8, 4) is 5.75 Å². The lowest BCUT2D eigenvalue weighted by Gasteiger charge is -2.18. The second-order valence-electron chi connectivity index (χ2n) is 3.79. The molecule has 2 N–H and O–H groups in total. The standard InChI is InChI=1S/C12H13F2N3O/c1-8(17-11(15)6-7-16-17)9-4-2-3-5-10(9)18-12(13)14/h2-8,12H,15H2,1H3. The summed E-state index contributed by atoms with van der Waals surface area (Å²) in [5, 5.41) is 4.06. The predicted molar refractivity (Wildman–Crippen MR) is 63.5 cm³/mol. The number of nitrogens with zero attached hydrogens (tertiary/aromatic N) is 2. The van der Waals surface area contributed by atoms with Crippen LogP contribution in [0.25, 0.3) is 0 Å². The van der Waals surface area contributed by atoms with Crippen molar-refractivity contribution < 1.29 is 13.5 Å². The summed E-state index contributed by atoms with van der Waals surface area (Å²) in [6.45, 7) is -1.04. The van der Waals surface area contributed by atoms with Gasteiger partial charge in [0.2, 0.25) is 0 Å². The fourth-order valence-corrected chi connectivity index (χ4v) is 1.81. The third kappa shape index (κ3) is 2.42. The number of alkyl halides is 2. The van der Waals surface area contributed by atoms with Crippen molar-refractivity contribution in [1.29, 1.82) is 0 Å². The van der Waals surface area contributed by atoms with Crippen LogP contribution in [0.5, 0.6) is 5.75 Å². The van der Waals surface area contributed by atoms with Gasteiger partial charge in [-0.2, -0.15) is 13.9 Å². The van der Waals surface area contributed by atoms with E-state index in [4.69, 9.17) is 5.73 Å². The lowest BCUT2D eigenvalue weighted by molar-refractivity contribution is -0.0506. The number of rotatable bonds is 4. The number of nitrogen functional groups attached to an aromatic ring is 1. The molecule has 0 saturated carbocycles. The Morgan fingerprint density at radius 3 is 2.61 bits per heavy atom. The smallest absolute Gasteiger partial charge is 0.387 e. The molecule has 0 fully saturated rings. The topological polar surface area (TPSA) is 53.1 Å². The van der Waals surface area contributed by atoms with E-state index in [0.717, 1.165) is 0 Å². The molecule has 0 radical (unpaired) electrons. The van der Waals surface area contributed by atoms with Crippen LogP contribution >= 0.6 is 0 Å². The number of nitrogens with two attached hydrogens (primary N) is 1. The Balaban J connectivity index is 2.36. The van der Waals surface area contributed by atoms with Gasteiger partial charge in [-0.1, -0.05) is 18.2 Å². The van der Waals surface area contributed by atoms with Crippen molar-refractivity contribution in [2.75, 3.05) is 5.73 Å². The molecule has 1 aromatic carbocycles. The molecule has 4 nitrogen and oxygen atoms in total. The van der Waals surface area contributed by atoms with Gasteiger partial charge in [0.15, 0.2) is 0 Å². The zero-order chi connectivity index (χ0) is 13.1. The van der Waals surface area contributed by atoms with Crippen molar-refractivity contribution in [1.82, 2.24) is 9.78 Å². The predicted octanol–water partition coefficient (Wildman–Crippen LogP) is 2.68. The van der Waals surface area contributed by atoms with E-state index in [-0.39, 0.29) is 11.8 Å². The van der Waals surface area contributed by atoms with Crippen LogP contribution in [0.3, 0.4) is 0 Å². The largest absolute Gasteiger partial charge is 0.434 e. The summed E-state index contributed by atoms with van der Waals surface area (Å²) in [6.07, 6.45) is 1.56. The minimum atomic E-state index is -2.85. The first kappa shape index (κ1) is 12.3. The zero-order valence-corrected chi connectivity index (χ0v) is 9.75. The van der Waals surface area contributed by atoms with E-state index < -0.39 is 6.61 Å². The molecular weight excluding hydrogens is 240 g/mol. The minimum Gasteiger partial charge on any atom is -0.434 e. The van der Waals surface area contributed by atoms with Crippen molar-refractivity contribution >= 4 is 5.82 Å². The molecule has 0 aliphatic rings. The summed E-state index contributed by atoms with van der Waals surface area (Å²) in [5.74, 6) is 0.601. The minimum absolute atomic E-state index is 0.134. The normalized spacial score (nSPS) is 12.7. The molecule has 0 bridgehead atoms. The van der Waals surface area contributed by atoms with E-state index >= 15 is 0 Å². The molecule has 0 saturated heterocycles. The third-order valence-corrected chi connectivity index (χ3v) is 2.65. The molecule has 18 heavy (non-hydrogen) atoms. The fourth-order valence-electron chi connectivity index (χ4n) is 1.81. The summed E-state index contributed by atoms with van der Waals surface area (Å²) in [5.41, 5.74) is 6.35. The second kappa shape index (κ2) is 5.03. The van der Waals surface area contributed by atoms with Gasteiger partial charge in [-0.3, -0.25) is 0 Å². The first-order valence-electron chi connectivity index (χ1n) is 5.42. The Bertz CT molecular complexity index is 528. The van der Waals surface area contributed by atoms with Gasteiger partial charge in [-0.25, -0.2) is 4.68 Å². The van der Waals surface area contributed by atoms with Gasteiger partial charge in [0.05, 0.1) is 12.2 Å². The molecule has 1 heterocycles. The molecular formula is C12H13F2N3O. The maximum absolute atomic E-state index is 12.3. The first-order valence-corrected chi connectivity index (χ1v) is 5.42. The number of anilines is 1. The average Bonchev–Trinajstić information content (AvgIpc) is 2.74. The highest BCUT2D eigenvalue weighted by molar-refractivity contribution is 5.38. The number of aromatic nitrogens is 2. The summed E-state index contributed by atoms with van der Waals surface area (Å²) in [7, 11) is 0. The summed E-state index contributed by atoms with van der Waals surface area (Å²) < 4.78 is 30.7. The van der Waals surface area contributed by atoms with E-state index in [1.165, 1.54) is 6.07 Å². The highest BCUT2D eigenvalue weighted by Crippen LogP contribution is 2.29. The van der Waals surface area contributed by atoms with Crippen LogP contribution in [0.2, 0.25) is 0 Å². The van der Waals surface area contributed by atoms with Crippen LogP contribution in [0, 0.1) is 0 Å². The number of ether oxygens (including phenoxy) is 1.